The lowest BCUT2D eigenvalue weighted by Gasteiger charge is -2.06. The van der Waals surface area contributed by atoms with Crippen LogP contribution in [0, 0.1) is 0 Å². The monoisotopic (exact) mass is 559 g/mol. The fourth-order valence-electron chi connectivity index (χ4n) is 2.97. The number of rotatable bonds is 5. The molecule has 6 nitrogen and oxygen atoms in total. The average molecular weight is 561 g/mol. The largest absolute Gasteiger partial charge is 0.507 e. The molecule has 4 rings (SSSR count). The first-order chi connectivity index (χ1) is 15.0. The zero-order chi connectivity index (χ0) is 22.0. The minimum absolute atomic E-state index is 0.105. The van der Waals surface area contributed by atoms with Crippen LogP contribution in [0.25, 0.3) is 22.2 Å². The minimum Gasteiger partial charge on any atom is -0.507 e. The van der Waals surface area contributed by atoms with E-state index in [1.807, 2.05) is 22.1 Å². The van der Waals surface area contributed by atoms with Crippen molar-refractivity contribution in [2.75, 3.05) is 0 Å². The summed E-state index contributed by atoms with van der Waals surface area (Å²) in [6.45, 7) is 4.24. The van der Waals surface area contributed by atoms with E-state index in [4.69, 9.17) is 4.42 Å². The molecule has 1 N–H and O–H groups in total. The van der Waals surface area contributed by atoms with E-state index in [2.05, 4.69) is 48.6 Å². The predicted octanol–water partition coefficient (Wildman–Crippen LogP) is 5.67. The van der Waals surface area contributed by atoms with Gasteiger partial charge in [-0.05, 0) is 42.5 Å². The maximum atomic E-state index is 12.6. The van der Waals surface area contributed by atoms with E-state index in [-0.39, 0.29) is 5.75 Å². The average Bonchev–Trinajstić information content (AvgIpc) is 3.13. The Hall–Kier alpha value is -2.75. The standard InChI is InChI=1S/C22H15Br2N3O3S/c1-2-7-27-18(17-10-13-8-16(24)4-6-20(13)30-21(17)29)12-31-22(27)26-25-11-14-9-15(23)3-5-19(14)28/h2-6,8-12,28H,1,7H2/b25-11+,26-22-. The maximum absolute atomic E-state index is 12.6. The van der Waals surface area contributed by atoms with Crippen LogP contribution in [0.1, 0.15) is 5.56 Å². The molecule has 0 saturated carbocycles. The van der Waals surface area contributed by atoms with Crippen LogP contribution in [0.5, 0.6) is 5.75 Å². The van der Waals surface area contributed by atoms with Crippen molar-refractivity contribution < 1.29 is 9.52 Å². The minimum atomic E-state index is -0.431. The zero-order valence-electron chi connectivity index (χ0n) is 16.0. The highest BCUT2D eigenvalue weighted by atomic mass is 79.9. The first kappa shape index (κ1) is 21.5. The van der Waals surface area contributed by atoms with E-state index in [1.54, 1.807) is 36.4 Å². The van der Waals surface area contributed by atoms with Crippen molar-refractivity contribution in [1.29, 1.82) is 0 Å². The summed E-state index contributed by atoms with van der Waals surface area (Å²) in [6, 6.07) is 12.3. The van der Waals surface area contributed by atoms with E-state index in [9.17, 15) is 9.90 Å². The molecule has 4 aromatic rings. The molecule has 31 heavy (non-hydrogen) atoms. The highest BCUT2D eigenvalue weighted by Crippen LogP contribution is 2.24. The molecule has 0 amide bonds. The van der Waals surface area contributed by atoms with Gasteiger partial charge in [-0.25, -0.2) is 4.79 Å². The van der Waals surface area contributed by atoms with Gasteiger partial charge in [0.2, 0.25) is 4.80 Å². The van der Waals surface area contributed by atoms with Crippen molar-refractivity contribution in [1.82, 2.24) is 4.57 Å². The van der Waals surface area contributed by atoms with Gasteiger partial charge in [0.25, 0.3) is 0 Å². The Kier molecular flexibility index (Phi) is 6.35. The number of allylic oxidation sites excluding steroid dienone is 1. The lowest BCUT2D eigenvalue weighted by molar-refractivity contribution is 0.474. The molecule has 0 radical (unpaired) electrons. The second-order valence-corrected chi connectivity index (χ2v) is 9.15. The molecule has 0 bridgehead atoms. The van der Waals surface area contributed by atoms with E-state index >= 15 is 0 Å². The lowest BCUT2D eigenvalue weighted by Crippen LogP contribution is -2.17. The van der Waals surface area contributed by atoms with Crippen molar-refractivity contribution in [2.24, 2.45) is 10.2 Å². The number of halogens is 2. The summed E-state index contributed by atoms with van der Waals surface area (Å²) in [5.74, 6) is 0.105. The van der Waals surface area contributed by atoms with Crippen LogP contribution >= 0.6 is 43.2 Å². The third kappa shape index (κ3) is 4.63. The fraction of sp³-hybridized carbons (Fsp3) is 0.0455. The van der Waals surface area contributed by atoms with Crippen LogP contribution in [0.4, 0.5) is 0 Å². The van der Waals surface area contributed by atoms with Gasteiger partial charge in [-0.1, -0.05) is 37.9 Å². The van der Waals surface area contributed by atoms with Crippen LogP contribution in [-0.2, 0) is 6.54 Å². The smallest absolute Gasteiger partial charge is 0.345 e. The molecule has 0 aliphatic rings. The topological polar surface area (TPSA) is 80.1 Å². The molecule has 0 unspecified atom stereocenters. The summed E-state index contributed by atoms with van der Waals surface area (Å²) < 4.78 is 9.06. The van der Waals surface area contributed by atoms with Crippen molar-refractivity contribution in [3.05, 3.63) is 90.2 Å². The second kappa shape index (κ2) is 9.17. The Morgan fingerprint density at radius 2 is 1.94 bits per heavy atom. The summed E-state index contributed by atoms with van der Waals surface area (Å²) in [5.41, 5.74) is 1.72. The molecule has 2 aromatic heterocycles. The summed E-state index contributed by atoms with van der Waals surface area (Å²) in [6.07, 6.45) is 3.19. The number of nitrogens with zero attached hydrogens (tertiary/aromatic N) is 3. The fourth-order valence-corrected chi connectivity index (χ4v) is 4.60. The van der Waals surface area contributed by atoms with Gasteiger partial charge in [-0.15, -0.1) is 23.0 Å². The normalized spacial score (nSPS) is 12.1. The van der Waals surface area contributed by atoms with E-state index in [0.29, 0.717) is 33.8 Å². The molecule has 0 saturated heterocycles. The molecular formula is C22H15Br2N3O3S. The summed E-state index contributed by atoms with van der Waals surface area (Å²) >= 11 is 8.15. The highest BCUT2D eigenvalue weighted by molar-refractivity contribution is 9.10. The molecule has 0 fully saturated rings. The van der Waals surface area contributed by atoms with Gasteiger partial charge >= 0.3 is 5.63 Å². The van der Waals surface area contributed by atoms with Gasteiger partial charge in [0.15, 0.2) is 0 Å². The van der Waals surface area contributed by atoms with E-state index in [1.165, 1.54) is 17.6 Å². The molecule has 156 valence electrons. The Balaban J connectivity index is 1.80. The summed E-state index contributed by atoms with van der Waals surface area (Å²) in [5, 5.41) is 21.0. The summed E-state index contributed by atoms with van der Waals surface area (Å²) in [4.78, 5) is 13.2. The Labute approximate surface area is 197 Å². The number of aromatic nitrogens is 1. The van der Waals surface area contributed by atoms with Crippen LogP contribution in [-0.4, -0.2) is 15.9 Å². The van der Waals surface area contributed by atoms with E-state index in [0.717, 1.165) is 14.3 Å². The third-order valence-corrected chi connectivity index (χ3v) is 6.25. The second-order valence-electron chi connectivity index (χ2n) is 6.48. The van der Waals surface area contributed by atoms with Gasteiger partial charge in [-0.3, -0.25) is 0 Å². The first-order valence-corrected chi connectivity index (χ1v) is 11.5. The first-order valence-electron chi connectivity index (χ1n) is 9.05. The van der Waals surface area contributed by atoms with Crippen LogP contribution in [0.2, 0.25) is 0 Å². The van der Waals surface area contributed by atoms with Gasteiger partial charge in [-0.2, -0.15) is 5.10 Å². The van der Waals surface area contributed by atoms with Gasteiger partial charge < -0.3 is 14.1 Å². The Morgan fingerprint density at radius 3 is 2.74 bits per heavy atom. The van der Waals surface area contributed by atoms with Crippen molar-refractivity contribution in [3.63, 3.8) is 0 Å². The number of aromatic hydroxyl groups is 1. The number of fused-ring (bicyclic) bond motifs is 1. The van der Waals surface area contributed by atoms with Gasteiger partial charge in [0, 0.05) is 31.8 Å². The molecule has 0 spiro atoms. The number of phenols is 1. The lowest BCUT2D eigenvalue weighted by atomic mass is 10.1. The van der Waals surface area contributed by atoms with Crippen LogP contribution < -0.4 is 10.4 Å². The zero-order valence-corrected chi connectivity index (χ0v) is 19.9. The van der Waals surface area contributed by atoms with Gasteiger partial charge in [0.1, 0.15) is 11.3 Å². The maximum Gasteiger partial charge on any atom is 0.345 e. The SMILES string of the molecule is C=CCn1c(-c2cc3cc(Br)ccc3oc2=O)cs/c1=N\N=C\c1cc(Br)ccc1O. The third-order valence-electron chi connectivity index (χ3n) is 4.41. The Bertz CT molecular complexity index is 1450. The van der Waals surface area contributed by atoms with Gasteiger partial charge in [0.05, 0.1) is 17.5 Å². The number of thiazole rings is 1. The molecule has 2 aromatic carbocycles. The number of phenolic OH excluding ortho intramolecular Hbond substituents is 1. The predicted molar refractivity (Wildman–Crippen MR) is 131 cm³/mol. The van der Waals surface area contributed by atoms with Crippen LogP contribution in [0.15, 0.2) is 88.9 Å². The van der Waals surface area contributed by atoms with E-state index < -0.39 is 5.63 Å². The molecule has 0 atom stereocenters. The highest BCUT2D eigenvalue weighted by Gasteiger charge is 2.14. The molecule has 2 heterocycles. The molecule has 0 aliphatic carbocycles. The van der Waals surface area contributed by atoms with Crippen LogP contribution in [0.3, 0.4) is 0 Å². The molecule has 0 aliphatic heterocycles. The molecule has 9 heteroatoms. The quantitative estimate of drug-likeness (QED) is 0.148. The number of benzene rings is 2. The van der Waals surface area contributed by atoms with Crippen molar-refractivity contribution >= 4 is 60.4 Å². The molecular weight excluding hydrogens is 546 g/mol. The number of hydrogen-bond acceptors (Lipinski definition) is 6. The van der Waals surface area contributed by atoms with Crippen molar-refractivity contribution in [2.45, 2.75) is 6.54 Å². The Morgan fingerprint density at radius 1 is 1.16 bits per heavy atom. The van der Waals surface area contributed by atoms with Crippen molar-refractivity contribution in [3.8, 4) is 17.0 Å². The number of hydrogen-bond donors (Lipinski definition) is 1. The summed E-state index contributed by atoms with van der Waals surface area (Å²) in [7, 11) is 0.